The second kappa shape index (κ2) is 8.23. The van der Waals surface area contributed by atoms with E-state index >= 15 is 0 Å². The number of fused-ring (bicyclic) bond motifs is 1. The molecule has 0 saturated carbocycles. The Labute approximate surface area is 155 Å². The quantitative estimate of drug-likeness (QED) is 0.751. The zero-order chi connectivity index (χ0) is 17.6. The van der Waals surface area contributed by atoms with E-state index < -0.39 is 0 Å². The predicted octanol–water partition coefficient (Wildman–Crippen LogP) is 5.18. The van der Waals surface area contributed by atoms with Crippen LogP contribution in [0.25, 0.3) is 0 Å². The Balaban J connectivity index is 1.85. The molecule has 0 aliphatic carbocycles. The lowest BCUT2D eigenvalue weighted by Crippen LogP contribution is -2.08. The molecule has 1 aliphatic rings. The normalized spacial score (nSPS) is 13.0. The van der Waals surface area contributed by atoms with E-state index in [0.29, 0.717) is 5.75 Å². The van der Waals surface area contributed by atoms with Crippen molar-refractivity contribution < 1.29 is 9.53 Å². The summed E-state index contributed by atoms with van der Waals surface area (Å²) in [5, 5.41) is 4.82. The molecule has 128 valence electrons. The van der Waals surface area contributed by atoms with Crippen molar-refractivity contribution in [1.29, 1.82) is 0 Å². The number of methoxy groups -OCH3 is 1. The molecule has 1 N–H and O–H groups in total. The first-order valence-corrected chi connectivity index (χ1v) is 9.10. The molecule has 0 atom stereocenters. The third-order valence-corrected chi connectivity index (χ3v) is 4.95. The summed E-state index contributed by atoms with van der Waals surface area (Å²) in [4.78, 5) is 16.4. The molecular formula is C19H17ClN2O2S. The summed E-state index contributed by atoms with van der Waals surface area (Å²) in [6, 6.07) is 15.5. The maximum Gasteiger partial charge on any atom is 0.311 e. The number of carbonyl (C=O) groups excluding carboxylic acids is 1. The number of hydrogen-bond acceptors (Lipinski definition) is 5. The van der Waals surface area contributed by atoms with E-state index in [1.807, 2.05) is 54.6 Å². The van der Waals surface area contributed by atoms with Gasteiger partial charge in [-0.2, -0.15) is 0 Å². The smallest absolute Gasteiger partial charge is 0.311 e. The Morgan fingerprint density at radius 3 is 2.76 bits per heavy atom. The Morgan fingerprint density at radius 1 is 1.20 bits per heavy atom. The fourth-order valence-corrected chi connectivity index (χ4v) is 3.58. The van der Waals surface area contributed by atoms with Crippen molar-refractivity contribution in [3.05, 3.63) is 70.9 Å². The average Bonchev–Trinajstić information content (AvgIpc) is 2.79. The fraction of sp³-hybridized carbons (Fsp3) is 0.158. The summed E-state index contributed by atoms with van der Waals surface area (Å²) < 4.78 is 4.78. The van der Waals surface area contributed by atoms with Gasteiger partial charge >= 0.3 is 5.97 Å². The second-order valence-electron chi connectivity index (χ2n) is 5.39. The molecule has 0 unspecified atom stereocenters. The molecule has 0 aromatic heterocycles. The average molecular weight is 373 g/mol. The van der Waals surface area contributed by atoms with E-state index in [4.69, 9.17) is 21.3 Å². The second-order valence-corrected chi connectivity index (χ2v) is 6.80. The van der Waals surface area contributed by atoms with E-state index in [1.165, 1.54) is 7.11 Å². The highest BCUT2D eigenvalue weighted by molar-refractivity contribution is 8.13. The van der Waals surface area contributed by atoms with Crippen LogP contribution < -0.4 is 5.32 Å². The van der Waals surface area contributed by atoms with Gasteiger partial charge < -0.3 is 10.1 Å². The minimum atomic E-state index is -0.298. The van der Waals surface area contributed by atoms with E-state index in [1.54, 1.807) is 11.8 Å². The molecule has 1 heterocycles. The van der Waals surface area contributed by atoms with E-state index in [2.05, 4.69) is 5.32 Å². The maximum atomic E-state index is 11.7. The Bertz CT molecular complexity index is 849. The van der Waals surface area contributed by atoms with Gasteiger partial charge in [0.25, 0.3) is 0 Å². The van der Waals surface area contributed by atoms with Crippen LogP contribution in [0.2, 0.25) is 5.02 Å². The Morgan fingerprint density at radius 2 is 1.96 bits per heavy atom. The van der Waals surface area contributed by atoms with Crippen LogP contribution in [0.5, 0.6) is 0 Å². The number of ether oxygens (including phenoxy) is 1. The van der Waals surface area contributed by atoms with Gasteiger partial charge in [0.1, 0.15) is 0 Å². The van der Waals surface area contributed by atoms with Crippen LogP contribution in [-0.2, 0) is 15.3 Å². The minimum Gasteiger partial charge on any atom is -0.469 e. The molecule has 3 rings (SSSR count). The number of nitrogens with zero attached hydrogens (tertiary/aromatic N) is 1. The summed E-state index contributed by atoms with van der Waals surface area (Å²) in [6.07, 6.45) is 2.05. The van der Waals surface area contributed by atoms with E-state index in [9.17, 15) is 4.79 Å². The number of thioether (sulfide) groups is 1. The molecule has 6 heteroatoms. The predicted molar refractivity (Wildman–Crippen MR) is 105 cm³/mol. The molecule has 0 radical (unpaired) electrons. The van der Waals surface area contributed by atoms with Crippen molar-refractivity contribution in [2.24, 2.45) is 4.99 Å². The van der Waals surface area contributed by atoms with Crippen molar-refractivity contribution in [2.75, 3.05) is 12.4 Å². The number of para-hydroxylation sites is 2. The van der Waals surface area contributed by atoms with Gasteiger partial charge in [-0.15, -0.1) is 11.8 Å². The van der Waals surface area contributed by atoms with Gasteiger partial charge in [0.05, 0.1) is 29.9 Å². The molecule has 0 amide bonds. The zero-order valence-corrected chi connectivity index (χ0v) is 15.2. The van der Waals surface area contributed by atoms with Crippen molar-refractivity contribution in [2.45, 2.75) is 12.2 Å². The van der Waals surface area contributed by atoms with Crippen molar-refractivity contribution in [3.8, 4) is 0 Å². The number of benzene rings is 2. The molecule has 1 aliphatic heterocycles. The number of esters is 1. The first kappa shape index (κ1) is 17.6. The number of hydrogen-bond donors (Lipinski definition) is 1. The van der Waals surface area contributed by atoms with Crippen LogP contribution in [0, 0.1) is 0 Å². The van der Waals surface area contributed by atoms with Crippen LogP contribution in [0.3, 0.4) is 0 Å². The van der Waals surface area contributed by atoms with Gasteiger partial charge in [-0.05, 0) is 29.8 Å². The first-order chi connectivity index (χ1) is 12.2. The maximum absolute atomic E-state index is 11.7. The third-order valence-electron chi connectivity index (χ3n) is 3.62. The van der Waals surface area contributed by atoms with Crippen LogP contribution >= 0.6 is 23.4 Å². The zero-order valence-electron chi connectivity index (χ0n) is 13.7. The Kier molecular flexibility index (Phi) is 5.79. The number of aliphatic imine (C=N–C) groups is 1. The standard InChI is InChI=1S/C19H17ClN2O2S/c1-24-19(23)11-14-10-18(22-17-9-5-4-8-16(17)21-14)25-12-13-6-2-3-7-15(13)20/h2-10,21H,11-12H2,1H3. The summed E-state index contributed by atoms with van der Waals surface area (Å²) in [5.41, 5.74) is 3.50. The number of anilines is 1. The van der Waals surface area contributed by atoms with Gasteiger partial charge in [-0.25, -0.2) is 4.99 Å². The van der Waals surface area contributed by atoms with Crippen molar-refractivity contribution in [1.82, 2.24) is 0 Å². The topological polar surface area (TPSA) is 50.7 Å². The highest BCUT2D eigenvalue weighted by Gasteiger charge is 2.14. The van der Waals surface area contributed by atoms with E-state index in [-0.39, 0.29) is 12.4 Å². The molecule has 0 fully saturated rings. The minimum absolute atomic E-state index is 0.163. The highest BCUT2D eigenvalue weighted by Crippen LogP contribution is 2.32. The third kappa shape index (κ3) is 4.65. The fourth-order valence-electron chi connectivity index (χ4n) is 2.35. The molecular weight excluding hydrogens is 356 g/mol. The highest BCUT2D eigenvalue weighted by atomic mass is 35.5. The van der Waals surface area contributed by atoms with Crippen LogP contribution in [-0.4, -0.2) is 18.1 Å². The van der Waals surface area contributed by atoms with Gasteiger partial charge in [0.15, 0.2) is 0 Å². The Hall–Kier alpha value is -2.24. The lowest BCUT2D eigenvalue weighted by atomic mass is 10.2. The summed E-state index contributed by atoms with van der Waals surface area (Å²) >= 11 is 7.81. The molecule has 2 aromatic rings. The molecule has 0 spiro atoms. The van der Waals surface area contributed by atoms with Crippen molar-refractivity contribution >= 4 is 45.8 Å². The van der Waals surface area contributed by atoms with Gasteiger partial charge in [0, 0.05) is 16.5 Å². The summed E-state index contributed by atoms with van der Waals surface area (Å²) in [7, 11) is 1.38. The molecule has 2 aromatic carbocycles. The van der Waals surface area contributed by atoms with Crippen LogP contribution in [0.4, 0.5) is 11.4 Å². The number of halogens is 1. The largest absolute Gasteiger partial charge is 0.469 e. The van der Waals surface area contributed by atoms with Gasteiger partial charge in [0.2, 0.25) is 0 Å². The van der Waals surface area contributed by atoms with E-state index in [0.717, 1.165) is 32.7 Å². The lowest BCUT2D eigenvalue weighted by molar-refractivity contribution is -0.139. The van der Waals surface area contributed by atoms with Crippen molar-refractivity contribution in [3.63, 3.8) is 0 Å². The summed E-state index contributed by atoms with van der Waals surface area (Å²) in [5.74, 6) is 0.399. The lowest BCUT2D eigenvalue weighted by Gasteiger charge is -2.09. The van der Waals surface area contributed by atoms with Gasteiger partial charge in [-0.3, -0.25) is 4.79 Å². The molecule has 0 saturated heterocycles. The SMILES string of the molecule is COC(=O)CC1=CC(SCc2ccccc2Cl)=Nc2ccccc2N1. The number of nitrogens with one attached hydrogen (secondary N) is 1. The van der Waals surface area contributed by atoms with Crippen LogP contribution in [0.1, 0.15) is 12.0 Å². The first-order valence-electron chi connectivity index (χ1n) is 7.74. The van der Waals surface area contributed by atoms with Crippen LogP contribution in [0.15, 0.2) is 65.3 Å². The number of rotatable bonds is 4. The monoisotopic (exact) mass is 372 g/mol. The molecule has 4 nitrogen and oxygen atoms in total. The number of carbonyl (C=O) groups is 1. The van der Waals surface area contributed by atoms with Gasteiger partial charge in [-0.1, -0.05) is 41.9 Å². The summed E-state index contributed by atoms with van der Waals surface area (Å²) in [6.45, 7) is 0. The molecule has 0 bridgehead atoms. The molecule has 25 heavy (non-hydrogen) atoms.